The van der Waals surface area contributed by atoms with E-state index in [1.165, 1.54) is 0 Å². The molecule has 144 valence electrons. The predicted molar refractivity (Wildman–Crippen MR) is 107 cm³/mol. The lowest BCUT2D eigenvalue weighted by Crippen LogP contribution is -2.31. The van der Waals surface area contributed by atoms with E-state index in [1.54, 1.807) is 30.3 Å². The summed E-state index contributed by atoms with van der Waals surface area (Å²) in [6, 6.07) is 11.9. The summed E-state index contributed by atoms with van der Waals surface area (Å²) in [4.78, 5) is 33.2. The smallest absolute Gasteiger partial charge is 0.338 e. The zero-order chi connectivity index (χ0) is 20.3. The Morgan fingerprint density at radius 2 is 1.79 bits per heavy atom. The molecule has 1 amide bonds. The van der Waals surface area contributed by atoms with Crippen LogP contribution in [0.1, 0.15) is 40.3 Å². The van der Waals surface area contributed by atoms with Crippen molar-refractivity contribution in [2.24, 2.45) is 0 Å². The standard InChI is InChI=1S/C21H20ClN3O3/c1-12-13(2)24-19-10-16(7-8-18(19)23-12)21(27)28-11-20(26)25-14(3)15-5-4-6-17(22)9-15/h4-10,14H,11H2,1-3H3,(H,25,26)/t14-/m1/s1. The maximum Gasteiger partial charge on any atom is 0.338 e. The molecule has 7 heteroatoms. The summed E-state index contributed by atoms with van der Waals surface area (Å²) in [5.74, 6) is -0.986. The highest BCUT2D eigenvalue weighted by Gasteiger charge is 2.14. The summed E-state index contributed by atoms with van der Waals surface area (Å²) in [6.45, 7) is 5.20. The second-order valence-corrected chi connectivity index (χ2v) is 6.95. The molecule has 1 N–H and O–H groups in total. The molecule has 3 aromatic rings. The van der Waals surface area contributed by atoms with Gasteiger partial charge < -0.3 is 10.1 Å². The highest BCUT2D eigenvalue weighted by molar-refractivity contribution is 6.30. The molecule has 2 aromatic carbocycles. The van der Waals surface area contributed by atoms with E-state index in [9.17, 15) is 9.59 Å². The van der Waals surface area contributed by atoms with Crippen LogP contribution in [0.15, 0.2) is 42.5 Å². The van der Waals surface area contributed by atoms with Gasteiger partial charge >= 0.3 is 5.97 Å². The summed E-state index contributed by atoms with van der Waals surface area (Å²) < 4.78 is 5.13. The van der Waals surface area contributed by atoms with Crippen molar-refractivity contribution in [2.75, 3.05) is 6.61 Å². The predicted octanol–water partition coefficient (Wildman–Crippen LogP) is 3.93. The molecular formula is C21H20ClN3O3. The number of ether oxygens (including phenoxy) is 1. The van der Waals surface area contributed by atoms with Crippen LogP contribution in [0.25, 0.3) is 11.0 Å². The molecule has 28 heavy (non-hydrogen) atoms. The zero-order valence-corrected chi connectivity index (χ0v) is 16.6. The van der Waals surface area contributed by atoms with Gasteiger partial charge in [0.15, 0.2) is 6.61 Å². The van der Waals surface area contributed by atoms with E-state index >= 15 is 0 Å². The fourth-order valence-electron chi connectivity index (χ4n) is 2.71. The fraction of sp³-hybridized carbons (Fsp3) is 0.238. The molecule has 1 aromatic heterocycles. The van der Waals surface area contributed by atoms with Gasteiger partial charge in [-0.15, -0.1) is 0 Å². The van der Waals surface area contributed by atoms with E-state index in [2.05, 4.69) is 15.3 Å². The number of benzene rings is 2. The number of carbonyl (C=O) groups is 2. The summed E-state index contributed by atoms with van der Waals surface area (Å²) in [5.41, 5.74) is 4.14. The quantitative estimate of drug-likeness (QED) is 0.659. The van der Waals surface area contributed by atoms with Crippen LogP contribution in [0.2, 0.25) is 5.02 Å². The summed E-state index contributed by atoms with van der Waals surface area (Å²) >= 11 is 5.96. The minimum atomic E-state index is -0.590. The average molecular weight is 398 g/mol. The third kappa shape index (κ3) is 4.64. The van der Waals surface area contributed by atoms with Crippen LogP contribution in [0.5, 0.6) is 0 Å². The number of nitrogens with one attached hydrogen (secondary N) is 1. The lowest BCUT2D eigenvalue weighted by atomic mass is 10.1. The number of nitrogens with zero attached hydrogens (tertiary/aromatic N) is 2. The molecule has 1 atom stereocenters. The van der Waals surface area contributed by atoms with Crippen LogP contribution in [-0.2, 0) is 9.53 Å². The van der Waals surface area contributed by atoms with E-state index in [1.807, 2.05) is 32.9 Å². The number of fused-ring (bicyclic) bond motifs is 1. The second kappa shape index (κ2) is 8.35. The van der Waals surface area contributed by atoms with Crippen molar-refractivity contribution in [2.45, 2.75) is 26.8 Å². The van der Waals surface area contributed by atoms with E-state index in [0.29, 0.717) is 21.6 Å². The first-order chi connectivity index (χ1) is 13.3. The monoisotopic (exact) mass is 397 g/mol. The Morgan fingerprint density at radius 1 is 1.07 bits per heavy atom. The van der Waals surface area contributed by atoms with Gasteiger partial charge in [0, 0.05) is 5.02 Å². The normalized spacial score (nSPS) is 11.9. The second-order valence-electron chi connectivity index (χ2n) is 6.52. The third-order valence-corrected chi connectivity index (χ3v) is 4.61. The first kappa shape index (κ1) is 19.8. The van der Waals surface area contributed by atoms with Gasteiger partial charge in [0.05, 0.1) is 34.0 Å². The number of rotatable bonds is 5. The van der Waals surface area contributed by atoms with Crippen molar-refractivity contribution in [3.63, 3.8) is 0 Å². The molecule has 0 aliphatic heterocycles. The number of halogens is 1. The van der Waals surface area contributed by atoms with E-state index < -0.39 is 11.9 Å². The molecule has 0 saturated heterocycles. The van der Waals surface area contributed by atoms with Crippen LogP contribution in [0.3, 0.4) is 0 Å². The van der Waals surface area contributed by atoms with Gasteiger partial charge in [-0.25, -0.2) is 14.8 Å². The lowest BCUT2D eigenvalue weighted by molar-refractivity contribution is -0.124. The van der Waals surface area contributed by atoms with Crippen molar-refractivity contribution in [3.8, 4) is 0 Å². The number of aromatic nitrogens is 2. The highest BCUT2D eigenvalue weighted by Crippen LogP contribution is 2.18. The number of carbonyl (C=O) groups excluding carboxylic acids is 2. The van der Waals surface area contributed by atoms with Crippen LogP contribution in [-0.4, -0.2) is 28.5 Å². The van der Waals surface area contributed by atoms with E-state index in [4.69, 9.17) is 16.3 Å². The molecule has 6 nitrogen and oxygen atoms in total. The minimum Gasteiger partial charge on any atom is -0.452 e. The minimum absolute atomic E-state index is 0.257. The molecule has 0 fully saturated rings. The Balaban J connectivity index is 1.61. The average Bonchev–Trinajstić information content (AvgIpc) is 2.66. The summed E-state index contributed by atoms with van der Waals surface area (Å²) in [6.07, 6.45) is 0. The van der Waals surface area contributed by atoms with Crippen LogP contribution < -0.4 is 5.32 Å². The van der Waals surface area contributed by atoms with Crippen LogP contribution in [0, 0.1) is 13.8 Å². The van der Waals surface area contributed by atoms with Gasteiger partial charge in [-0.3, -0.25) is 4.79 Å². The van der Waals surface area contributed by atoms with Crippen molar-refractivity contribution in [3.05, 3.63) is 70.0 Å². The van der Waals surface area contributed by atoms with Crippen LogP contribution >= 0.6 is 11.6 Å². The Bertz CT molecular complexity index is 1050. The Morgan fingerprint density at radius 3 is 2.50 bits per heavy atom. The molecule has 1 heterocycles. The topological polar surface area (TPSA) is 81.2 Å². The van der Waals surface area contributed by atoms with Crippen molar-refractivity contribution < 1.29 is 14.3 Å². The summed E-state index contributed by atoms with van der Waals surface area (Å²) in [5, 5.41) is 3.37. The number of esters is 1. The number of hydrogen-bond acceptors (Lipinski definition) is 5. The first-order valence-electron chi connectivity index (χ1n) is 8.80. The zero-order valence-electron chi connectivity index (χ0n) is 15.8. The maximum atomic E-state index is 12.3. The van der Waals surface area contributed by atoms with Crippen molar-refractivity contribution in [1.82, 2.24) is 15.3 Å². The SMILES string of the molecule is Cc1nc2ccc(C(=O)OCC(=O)N[C@H](C)c3cccc(Cl)c3)cc2nc1C. The largest absolute Gasteiger partial charge is 0.452 e. The van der Waals surface area contributed by atoms with Gasteiger partial charge in [-0.05, 0) is 56.7 Å². The molecule has 0 spiro atoms. The Labute approximate surface area is 167 Å². The van der Waals surface area contributed by atoms with Gasteiger partial charge in [-0.1, -0.05) is 23.7 Å². The van der Waals surface area contributed by atoms with Gasteiger partial charge in [0.25, 0.3) is 5.91 Å². The summed E-state index contributed by atoms with van der Waals surface area (Å²) in [7, 11) is 0. The molecule has 3 rings (SSSR count). The number of amides is 1. The highest BCUT2D eigenvalue weighted by atomic mass is 35.5. The Hall–Kier alpha value is -2.99. The number of aryl methyl sites for hydroxylation is 2. The maximum absolute atomic E-state index is 12.3. The molecule has 0 aliphatic rings. The Kier molecular flexibility index (Phi) is 5.90. The van der Waals surface area contributed by atoms with Gasteiger partial charge in [0.2, 0.25) is 0 Å². The molecular weight excluding hydrogens is 378 g/mol. The number of hydrogen-bond donors (Lipinski definition) is 1. The van der Waals surface area contributed by atoms with E-state index in [0.717, 1.165) is 17.0 Å². The van der Waals surface area contributed by atoms with E-state index in [-0.39, 0.29) is 12.6 Å². The third-order valence-electron chi connectivity index (χ3n) is 4.37. The lowest BCUT2D eigenvalue weighted by Gasteiger charge is -2.14. The van der Waals surface area contributed by atoms with Crippen LogP contribution in [0.4, 0.5) is 0 Å². The molecule has 0 unspecified atom stereocenters. The molecule has 0 radical (unpaired) electrons. The van der Waals surface area contributed by atoms with Gasteiger partial charge in [-0.2, -0.15) is 0 Å². The fourth-order valence-corrected chi connectivity index (χ4v) is 2.91. The van der Waals surface area contributed by atoms with Gasteiger partial charge in [0.1, 0.15) is 0 Å². The molecule has 0 aliphatic carbocycles. The molecule has 0 bridgehead atoms. The van der Waals surface area contributed by atoms with Crippen molar-refractivity contribution in [1.29, 1.82) is 0 Å². The first-order valence-corrected chi connectivity index (χ1v) is 9.18. The molecule has 0 saturated carbocycles. The van der Waals surface area contributed by atoms with Crippen molar-refractivity contribution >= 4 is 34.5 Å².